The number of aromatic nitrogens is 3. The largest absolute Gasteiger partial charge is 0.233 e. The summed E-state index contributed by atoms with van der Waals surface area (Å²) in [5.41, 5.74) is 2.21. The molecule has 0 radical (unpaired) electrons. The molecule has 1 heterocycles. The molecule has 15 heavy (non-hydrogen) atoms. The predicted molar refractivity (Wildman–Crippen MR) is 69.4 cm³/mol. The Morgan fingerprint density at radius 2 is 1.73 bits per heavy atom. The van der Waals surface area contributed by atoms with E-state index in [1.807, 2.05) is 4.68 Å². The Balaban J connectivity index is 3.22. The number of nitrogens with zero attached hydrogens (tertiary/aromatic N) is 3. The van der Waals surface area contributed by atoms with Gasteiger partial charge in [0.05, 0.1) is 11.4 Å². The molecule has 1 aromatic rings. The summed E-state index contributed by atoms with van der Waals surface area (Å²) in [7, 11) is 1.47. The lowest BCUT2D eigenvalue weighted by molar-refractivity contribution is 0.456. The third kappa shape index (κ3) is 2.50. The first-order valence-electron chi connectivity index (χ1n) is 4.96. The lowest BCUT2D eigenvalue weighted by Crippen LogP contribution is -2.24. The summed E-state index contributed by atoms with van der Waals surface area (Å²) in [6.45, 7) is 12.7. The molecule has 0 unspecified atom stereocenters. The van der Waals surface area contributed by atoms with Crippen LogP contribution in [0.25, 0.3) is 0 Å². The maximum atomic E-state index is 4.27. The highest BCUT2D eigenvalue weighted by Crippen LogP contribution is 2.34. The van der Waals surface area contributed by atoms with Crippen LogP contribution < -0.4 is 0 Å². The number of thiol groups is 1. The summed E-state index contributed by atoms with van der Waals surface area (Å²) in [5.74, 6) is 0. The summed E-state index contributed by atoms with van der Waals surface area (Å²) in [6.07, 6.45) is 0. The van der Waals surface area contributed by atoms with Crippen molar-refractivity contribution in [1.29, 1.82) is 0 Å². The summed E-state index contributed by atoms with van der Waals surface area (Å²) < 4.78 is 1.94. The summed E-state index contributed by atoms with van der Waals surface area (Å²) in [4.78, 5) is -0.163. The second-order valence-electron chi connectivity index (χ2n) is 5.22. The van der Waals surface area contributed by atoms with Crippen molar-refractivity contribution in [2.24, 2.45) is 0 Å². The summed E-state index contributed by atoms with van der Waals surface area (Å²) in [6, 6.07) is 0. The molecular formula is C10H19N3S2. The fourth-order valence-corrected chi connectivity index (χ4v) is 2.05. The SMILES string of the molecule is Cc1c(C(C)(C)C)nnn1C(C)(C)SS. The molecular weight excluding hydrogens is 226 g/mol. The molecule has 1 aromatic heterocycles. The van der Waals surface area contributed by atoms with Gasteiger partial charge in [-0.2, -0.15) is 0 Å². The van der Waals surface area contributed by atoms with Crippen LogP contribution in [0.2, 0.25) is 0 Å². The van der Waals surface area contributed by atoms with Crippen LogP contribution in [-0.4, -0.2) is 15.0 Å². The van der Waals surface area contributed by atoms with Gasteiger partial charge in [0.25, 0.3) is 0 Å². The minimum atomic E-state index is -0.163. The monoisotopic (exact) mass is 245 g/mol. The van der Waals surface area contributed by atoms with Gasteiger partial charge in [-0.15, -0.1) is 16.8 Å². The second kappa shape index (κ2) is 4.01. The zero-order chi connectivity index (χ0) is 11.9. The van der Waals surface area contributed by atoms with E-state index in [0.29, 0.717) is 0 Å². The van der Waals surface area contributed by atoms with Crippen LogP contribution >= 0.6 is 22.5 Å². The van der Waals surface area contributed by atoms with Crippen molar-refractivity contribution >= 4 is 22.5 Å². The average Bonchev–Trinajstić information content (AvgIpc) is 2.46. The van der Waals surface area contributed by atoms with Gasteiger partial charge in [0.15, 0.2) is 0 Å². The highest BCUT2D eigenvalue weighted by atomic mass is 33.1. The van der Waals surface area contributed by atoms with Crippen molar-refractivity contribution in [3.05, 3.63) is 11.4 Å². The van der Waals surface area contributed by atoms with Crippen molar-refractivity contribution in [2.75, 3.05) is 0 Å². The van der Waals surface area contributed by atoms with Crippen molar-refractivity contribution in [3.63, 3.8) is 0 Å². The van der Waals surface area contributed by atoms with Crippen LogP contribution in [0.15, 0.2) is 0 Å². The number of hydrogen-bond donors (Lipinski definition) is 1. The van der Waals surface area contributed by atoms with E-state index >= 15 is 0 Å². The Kier molecular flexibility index (Phi) is 3.45. The van der Waals surface area contributed by atoms with E-state index < -0.39 is 0 Å². The zero-order valence-corrected chi connectivity index (χ0v) is 11.9. The molecule has 86 valence electrons. The Morgan fingerprint density at radius 3 is 2.07 bits per heavy atom. The van der Waals surface area contributed by atoms with Gasteiger partial charge in [-0.3, -0.25) is 0 Å². The van der Waals surface area contributed by atoms with E-state index in [1.54, 1.807) is 0 Å². The molecule has 1 rings (SSSR count). The summed E-state index contributed by atoms with van der Waals surface area (Å²) >= 11 is 4.27. The molecule has 3 nitrogen and oxygen atoms in total. The smallest absolute Gasteiger partial charge is 0.114 e. The third-order valence-corrected chi connectivity index (χ3v) is 4.30. The van der Waals surface area contributed by atoms with Gasteiger partial charge in [-0.05, 0) is 20.8 Å². The van der Waals surface area contributed by atoms with Gasteiger partial charge in [-0.1, -0.05) is 36.8 Å². The van der Waals surface area contributed by atoms with Gasteiger partial charge in [-0.25, -0.2) is 4.68 Å². The Labute approximate surface area is 101 Å². The van der Waals surface area contributed by atoms with E-state index in [-0.39, 0.29) is 10.3 Å². The predicted octanol–water partition coefficient (Wildman–Crippen LogP) is 3.15. The van der Waals surface area contributed by atoms with Gasteiger partial charge in [0, 0.05) is 5.41 Å². The molecule has 0 aliphatic rings. The minimum absolute atomic E-state index is 0.0413. The van der Waals surface area contributed by atoms with Crippen molar-refractivity contribution in [3.8, 4) is 0 Å². The Hall–Kier alpha value is -0.160. The van der Waals surface area contributed by atoms with Crippen LogP contribution in [0.3, 0.4) is 0 Å². The molecule has 0 bridgehead atoms. The maximum absolute atomic E-state index is 4.27. The molecule has 0 atom stereocenters. The van der Waals surface area contributed by atoms with Gasteiger partial charge in [0.2, 0.25) is 0 Å². The highest BCUT2D eigenvalue weighted by molar-refractivity contribution is 8.68. The van der Waals surface area contributed by atoms with Crippen molar-refractivity contribution in [2.45, 2.75) is 51.8 Å². The number of rotatable bonds is 2. The van der Waals surface area contributed by atoms with E-state index in [2.05, 4.69) is 63.5 Å². The Bertz CT molecular complexity index is 350. The minimum Gasteiger partial charge on any atom is -0.233 e. The Morgan fingerprint density at radius 1 is 1.20 bits per heavy atom. The second-order valence-corrected chi connectivity index (χ2v) is 6.95. The fourth-order valence-electron chi connectivity index (χ4n) is 1.57. The molecule has 5 heteroatoms. The quantitative estimate of drug-likeness (QED) is 0.641. The molecule has 0 amide bonds. The van der Waals surface area contributed by atoms with E-state index in [1.165, 1.54) is 10.8 Å². The topological polar surface area (TPSA) is 30.7 Å². The highest BCUT2D eigenvalue weighted by Gasteiger charge is 2.28. The lowest BCUT2D eigenvalue weighted by atomic mass is 9.91. The van der Waals surface area contributed by atoms with Crippen molar-refractivity contribution in [1.82, 2.24) is 15.0 Å². The summed E-state index contributed by atoms with van der Waals surface area (Å²) in [5, 5.41) is 8.49. The first kappa shape index (κ1) is 12.9. The zero-order valence-electron chi connectivity index (χ0n) is 10.2. The fraction of sp³-hybridized carbons (Fsp3) is 0.800. The molecule has 0 aromatic carbocycles. The molecule has 0 fully saturated rings. The lowest BCUT2D eigenvalue weighted by Gasteiger charge is -2.23. The van der Waals surface area contributed by atoms with Gasteiger partial charge < -0.3 is 0 Å². The maximum Gasteiger partial charge on any atom is 0.114 e. The number of hydrogen-bond acceptors (Lipinski definition) is 4. The molecule has 0 saturated heterocycles. The third-order valence-electron chi connectivity index (χ3n) is 2.34. The van der Waals surface area contributed by atoms with E-state index in [9.17, 15) is 0 Å². The van der Waals surface area contributed by atoms with Crippen LogP contribution in [0.4, 0.5) is 0 Å². The first-order chi connectivity index (χ1) is 6.70. The van der Waals surface area contributed by atoms with Crippen LogP contribution in [0, 0.1) is 6.92 Å². The normalized spacial score (nSPS) is 13.3. The first-order valence-corrected chi connectivity index (χ1v) is 6.83. The molecule has 0 N–H and O–H groups in total. The van der Waals surface area contributed by atoms with Crippen LogP contribution in [-0.2, 0) is 10.3 Å². The van der Waals surface area contributed by atoms with Crippen LogP contribution in [0.5, 0.6) is 0 Å². The van der Waals surface area contributed by atoms with Gasteiger partial charge >= 0.3 is 0 Å². The van der Waals surface area contributed by atoms with E-state index in [0.717, 1.165) is 11.4 Å². The molecule has 0 aliphatic carbocycles. The standard InChI is InChI=1S/C10H19N3S2/c1-7-8(9(2,3)4)11-12-13(7)10(5,6)15-14/h14H,1-6H3. The molecule has 0 spiro atoms. The molecule has 0 aliphatic heterocycles. The van der Waals surface area contributed by atoms with Crippen molar-refractivity contribution < 1.29 is 0 Å². The molecule has 0 saturated carbocycles. The average molecular weight is 245 g/mol. The van der Waals surface area contributed by atoms with Gasteiger partial charge in [0.1, 0.15) is 4.87 Å². The van der Waals surface area contributed by atoms with Crippen LogP contribution in [0.1, 0.15) is 46.0 Å². The van der Waals surface area contributed by atoms with E-state index in [4.69, 9.17) is 0 Å².